The molecule has 3 N–H and O–H groups in total. The Bertz CT molecular complexity index is 1270. The summed E-state index contributed by atoms with van der Waals surface area (Å²) in [6.45, 7) is 7.87. The summed E-state index contributed by atoms with van der Waals surface area (Å²) in [6, 6.07) is 12.6. The Kier molecular flexibility index (Phi) is 7.53. The van der Waals surface area contributed by atoms with Gasteiger partial charge < -0.3 is 20.3 Å². The normalized spacial score (nSPS) is 20.8. The fraction of sp³-hybridized carbons (Fsp3) is 0.419. The predicted octanol–water partition coefficient (Wildman–Crippen LogP) is 4.84. The zero-order valence-electron chi connectivity index (χ0n) is 22.3. The molecule has 6 nitrogen and oxygen atoms in total. The van der Waals surface area contributed by atoms with Crippen LogP contribution in [-0.4, -0.2) is 40.2 Å². The van der Waals surface area contributed by atoms with Crippen molar-refractivity contribution >= 4 is 11.7 Å². The Hall–Kier alpha value is -3.45. The van der Waals surface area contributed by atoms with Gasteiger partial charge in [-0.15, -0.1) is 0 Å². The lowest BCUT2D eigenvalue weighted by Gasteiger charge is -2.41. The molecule has 1 aliphatic carbocycles. The van der Waals surface area contributed by atoms with Crippen molar-refractivity contribution in [2.24, 2.45) is 5.92 Å². The number of fused-ring (bicyclic) bond motifs is 1. The molecule has 38 heavy (non-hydrogen) atoms. The number of halogens is 1. The molecule has 0 aromatic heterocycles. The van der Waals surface area contributed by atoms with E-state index in [0.29, 0.717) is 5.56 Å². The molecule has 1 amide bonds. The molecule has 3 atom stereocenters. The van der Waals surface area contributed by atoms with E-state index in [9.17, 15) is 24.2 Å². The third-order valence-corrected chi connectivity index (χ3v) is 7.61. The van der Waals surface area contributed by atoms with Gasteiger partial charge in [0, 0.05) is 11.1 Å². The Morgan fingerprint density at radius 3 is 2.47 bits per heavy atom. The molecular formula is C31H36FNO5. The monoisotopic (exact) mass is 521 g/mol. The minimum absolute atomic E-state index is 0.0680. The number of aromatic hydroxyl groups is 1. The molecule has 202 valence electrons. The van der Waals surface area contributed by atoms with Crippen LogP contribution in [0.4, 0.5) is 4.39 Å². The molecule has 2 aromatic carbocycles. The first-order chi connectivity index (χ1) is 17.8. The molecule has 1 aliphatic heterocycles. The zero-order valence-corrected chi connectivity index (χ0v) is 22.3. The maximum Gasteiger partial charge on any atom is 0.223 e. The van der Waals surface area contributed by atoms with E-state index in [0.717, 1.165) is 11.1 Å². The average Bonchev–Trinajstić information content (AvgIpc) is 3.31. The lowest BCUT2D eigenvalue weighted by atomic mass is 9.67. The van der Waals surface area contributed by atoms with Gasteiger partial charge in [0.2, 0.25) is 5.91 Å². The van der Waals surface area contributed by atoms with Crippen molar-refractivity contribution in [3.63, 3.8) is 0 Å². The second-order valence-electron chi connectivity index (χ2n) is 11.9. The quantitative estimate of drug-likeness (QED) is 0.439. The molecule has 0 spiro atoms. The maximum absolute atomic E-state index is 14.1. The van der Waals surface area contributed by atoms with Crippen molar-refractivity contribution in [1.29, 1.82) is 0 Å². The molecule has 0 fully saturated rings. The summed E-state index contributed by atoms with van der Waals surface area (Å²) in [4.78, 5) is 26.2. The second kappa shape index (κ2) is 10.4. The Balaban J connectivity index is 1.60. The van der Waals surface area contributed by atoms with Gasteiger partial charge in [-0.2, -0.15) is 0 Å². The second-order valence-corrected chi connectivity index (χ2v) is 11.9. The Labute approximate surface area is 223 Å². The number of aliphatic hydroxyl groups is 1. The van der Waals surface area contributed by atoms with Crippen LogP contribution < -0.4 is 5.32 Å². The van der Waals surface area contributed by atoms with Crippen molar-refractivity contribution in [2.75, 3.05) is 6.61 Å². The summed E-state index contributed by atoms with van der Waals surface area (Å²) in [6.07, 6.45) is 4.99. The number of hydrogen-bond acceptors (Lipinski definition) is 5. The van der Waals surface area contributed by atoms with E-state index in [1.54, 1.807) is 32.3 Å². The van der Waals surface area contributed by atoms with Crippen molar-refractivity contribution in [2.45, 2.75) is 69.4 Å². The predicted molar refractivity (Wildman–Crippen MR) is 143 cm³/mol. The largest absolute Gasteiger partial charge is 0.508 e. The molecule has 0 radical (unpaired) electrons. The lowest BCUT2D eigenvalue weighted by molar-refractivity contribution is -0.132. The molecule has 0 saturated heterocycles. The van der Waals surface area contributed by atoms with Gasteiger partial charge in [-0.1, -0.05) is 70.2 Å². The number of allylic oxidation sites excluding steroid dienone is 1. The first-order valence-corrected chi connectivity index (χ1v) is 12.9. The van der Waals surface area contributed by atoms with Crippen molar-refractivity contribution in [1.82, 2.24) is 5.32 Å². The van der Waals surface area contributed by atoms with Gasteiger partial charge in [0.05, 0.1) is 24.2 Å². The number of nitrogens with one attached hydrogen (secondary N) is 1. The highest BCUT2D eigenvalue weighted by atomic mass is 19.1. The summed E-state index contributed by atoms with van der Waals surface area (Å²) in [7, 11) is 0. The van der Waals surface area contributed by atoms with Crippen molar-refractivity contribution in [3.8, 4) is 5.75 Å². The van der Waals surface area contributed by atoms with E-state index < -0.39 is 40.1 Å². The van der Waals surface area contributed by atoms with Gasteiger partial charge in [-0.25, -0.2) is 4.39 Å². The third-order valence-electron chi connectivity index (χ3n) is 7.61. The van der Waals surface area contributed by atoms with E-state index in [-0.39, 0.29) is 37.4 Å². The first kappa shape index (κ1) is 27.6. The van der Waals surface area contributed by atoms with E-state index in [1.807, 2.05) is 44.2 Å². The van der Waals surface area contributed by atoms with Crippen LogP contribution in [0.2, 0.25) is 0 Å². The van der Waals surface area contributed by atoms with Crippen LogP contribution in [0, 0.1) is 11.7 Å². The number of rotatable bonds is 9. The van der Waals surface area contributed by atoms with Crippen molar-refractivity contribution in [3.05, 3.63) is 89.5 Å². The average molecular weight is 522 g/mol. The minimum atomic E-state index is -1.55. The van der Waals surface area contributed by atoms with Crippen molar-refractivity contribution < 1.29 is 28.9 Å². The van der Waals surface area contributed by atoms with Gasteiger partial charge in [0.1, 0.15) is 24.2 Å². The van der Waals surface area contributed by atoms with Crippen LogP contribution in [0.5, 0.6) is 5.75 Å². The fourth-order valence-electron chi connectivity index (χ4n) is 5.95. The smallest absolute Gasteiger partial charge is 0.223 e. The zero-order chi connectivity index (χ0) is 27.7. The highest BCUT2D eigenvalue weighted by Crippen LogP contribution is 2.43. The maximum atomic E-state index is 14.1. The van der Waals surface area contributed by atoms with E-state index in [1.165, 1.54) is 18.2 Å². The number of Topliss-reactive ketones (excluding diaryl/α,β-unsaturated/α-hetero) is 1. The standard InChI is InChI=1S/C31H36FNO5/c1-29(2,21-8-6-5-7-9-21)18-31(37,19-30(3,4)24-14-22(32)11-13-26(24)34)15-27(35)33-25-12-10-20-16-38-17-23(20)28(25)36/h5-14,16,23,25,34,37H,15,17-19H2,1-4H3,(H,33,35). The van der Waals surface area contributed by atoms with Gasteiger partial charge in [0.15, 0.2) is 5.78 Å². The van der Waals surface area contributed by atoms with Gasteiger partial charge in [-0.05, 0) is 47.4 Å². The lowest BCUT2D eigenvalue weighted by Crippen LogP contribution is -2.49. The molecule has 2 aromatic rings. The summed E-state index contributed by atoms with van der Waals surface area (Å²) in [5, 5.41) is 25.4. The highest BCUT2D eigenvalue weighted by Gasteiger charge is 2.43. The number of benzene rings is 2. The number of ketones is 1. The minimum Gasteiger partial charge on any atom is -0.508 e. The van der Waals surface area contributed by atoms with Crippen LogP contribution in [0.1, 0.15) is 58.1 Å². The molecule has 2 aliphatic rings. The number of carbonyl (C=O) groups is 2. The van der Waals surface area contributed by atoms with Gasteiger partial charge >= 0.3 is 0 Å². The summed E-state index contributed by atoms with van der Waals surface area (Å²) < 4.78 is 19.4. The van der Waals surface area contributed by atoms with Crippen LogP contribution in [0.15, 0.2) is 72.5 Å². The number of phenolic OH excluding ortho intramolecular Hbond substituents is 1. The van der Waals surface area contributed by atoms with E-state index in [4.69, 9.17) is 4.74 Å². The number of carbonyl (C=O) groups excluding carboxylic acids is 2. The molecule has 7 heteroatoms. The molecule has 0 bridgehead atoms. The van der Waals surface area contributed by atoms with Crippen LogP contribution in [0.3, 0.4) is 0 Å². The summed E-state index contributed by atoms with van der Waals surface area (Å²) >= 11 is 0. The van der Waals surface area contributed by atoms with Crippen LogP contribution >= 0.6 is 0 Å². The number of hydrogen-bond donors (Lipinski definition) is 3. The molecule has 1 heterocycles. The fourth-order valence-corrected chi connectivity index (χ4v) is 5.95. The molecule has 0 saturated carbocycles. The summed E-state index contributed by atoms with van der Waals surface area (Å²) in [5.41, 5.74) is -0.809. The number of phenols is 1. The topological polar surface area (TPSA) is 95.9 Å². The number of amides is 1. The first-order valence-electron chi connectivity index (χ1n) is 12.9. The molecular weight excluding hydrogens is 485 g/mol. The van der Waals surface area contributed by atoms with Crippen LogP contribution in [0.25, 0.3) is 0 Å². The van der Waals surface area contributed by atoms with E-state index in [2.05, 4.69) is 5.32 Å². The highest BCUT2D eigenvalue weighted by molar-refractivity contribution is 5.96. The van der Waals surface area contributed by atoms with Crippen LogP contribution in [-0.2, 0) is 25.2 Å². The van der Waals surface area contributed by atoms with Gasteiger partial charge in [0.25, 0.3) is 0 Å². The third kappa shape index (κ3) is 5.99. The molecule has 3 unspecified atom stereocenters. The number of ether oxygens (including phenoxy) is 1. The summed E-state index contributed by atoms with van der Waals surface area (Å²) in [5.74, 6) is -1.60. The molecule has 4 rings (SSSR count). The van der Waals surface area contributed by atoms with E-state index >= 15 is 0 Å². The van der Waals surface area contributed by atoms with Gasteiger partial charge in [-0.3, -0.25) is 9.59 Å². The Morgan fingerprint density at radius 1 is 1.08 bits per heavy atom. The Morgan fingerprint density at radius 2 is 1.76 bits per heavy atom. The SMILES string of the molecule is CC(C)(CC(O)(CC(=O)NC1C=CC2=COCC2C1=O)CC(C)(C)c1cc(F)ccc1O)c1ccccc1.